The number of benzene rings is 2. The zero-order valence-corrected chi connectivity index (χ0v) is 18.2. The van der Waals surface area contributed by atoms with Crippen LogP contribution >= 0.6 is 11.6 Å². The third-order valence-corrected chi connectivity index (χ3v) is 5.21. The van der Waals surface area contributed by atoms with E-state index in [9.17, 15) is 9.59 Å². The van der Waals surface area contributed by atoms with Gasteiger partial charge in [-0.15, -0.1) is 0 Å². The first-order valence-electron chi connectivity index (χ1n) is 9.60. The Labute approximate surface area is 181 Å². The fourth-order valence-electron chi connectivity index (χ4n) is 3.08. The van der Waals surface area contributed by atoms with E-state index in [4.69, 9.17) is 16.3 Å². The lowest BCUT2D eigenvalue weighted by Gasteiger charge is -2.21. The van der Waals surface area contributed by atoms with E-state index in [-0.39, 0.29) is 16.6 Å². The maximum atomic E-state index is 12.7. The normalized spacial score (nSPS) is 11.8. The number of aromatic nitrogens is 2. The van der Waals surface area contributed by atoms with Crippen LogP contribution in [0.4, 0.5) is 5.69 Å². The van der Waals surface area contributed by atoms with Crippen LogP contribution in [0.3, 0.4) is 0 Å². The van der Waals surface area contributed by atoms with Crippen LogP contribution in [0.2, 0.25) is 5.15 Å². The van der Waals surface area contributed by atoms with Crippen molar-refractivity contribution in [2.45, 2.75) is 33.4 Å². The molecule has 1 amide bonds. The minimum Gasteiger partial charge on any atom is -0.449 e. The van der Waals surface area contributed by atoms with E-state index < -0.39 is 12.1 Å². The number of anilines is 1. The van der Waals surface area contributed by atoms with Crippen LogP contribution in [0, 0.1) is 13.8 Å². The first-order valence-corrected chi connectivity index (χ1v) is 9.97. The number of rotatable bonds is 6. The zero-order chi connectivity index (χ0) is 21.8. The average molecular weight is 426 g/mol. The summed E-state index contributed by atoms with van der Waals surface area (Å²) in [4.78, 5) is 26.8. The molecule has 156 valence electrons. The van der Waals surface area contributed by atoms with Crippen LogP contribution in [0.15, 0.2) is 54.6 Å². The third-order valence-electron chi connectivity index (χ3n) is 4.83. The molecule has 1 unspecified atom stereocenters. The first kappa shape index (κ1) is 21.6. The van der Waals surface area contributed by atoms with Gasteiger partial charge in [0.1, 0.15) is 10.7 Å². The summed E-state index contributed by atoms with van der Waals surface area (Å²) < 4.78 is 6.97. The van der Waals surface area contributed by atoms with Crippen molar-refractivity contribution >= 4 is 29.2 Å². The summed E-state index contributed by atoms with van der Waals surface area (Å²) in [6.07, 6.45) is -0.973. The van der Waals surface area contributed by atoms with Crippen LogP contribution in [0.1, 0.15) is 34.1 Å². The van der Waals surface area contributed by atoms with Gasteiger partial charge in [-0.1, -0.05) is 59.6 Å². The van der Waals surface area contributed by atoms with Crippen LogP contribution < -0.4 is 4.90 Å². The number of esters is 1. The van der Waals surface area contributed by atoms with E-state index in [1.165, 1.54) is 4.90 Å². The van der Waals surface area contributed by atoms with Crippen molar-refractivity contribution < 1.29 is 14.3 Å². The number of likely N-dealkylation sites (N-methyl/N-ethyl adjacent to an activating group) is 1. The van der Waals surface area contributed by atoms with E-state index in [1.54, 1.807) is 25.6 Å². The number of hydrogen-bond acceptors (Lipinski definition) is 4. The van der Waals surface area contributed by atoms with Gasteiger partial charge >= 0.3 is 5.97 Å². The molecule has 3 aromatic rings. The van der Waals surface area contributed by atoms with Crippen LogP contribution in [-0.4, -0.2) is 34.8 Å². The molecule has 6 nitrogen and oxygen atoms in total. The Hall–Kier alpha value is -3.12. The highest BCUT2D eigenvalue weighted by Gasteiger charge is 2.27. The zero-order valence-electron chi connectivity index (χ0n) is 17.4. The second kappa shape index (κ2) is 9.13. The number of aryl methyl sites for hydroxylation is 2. The molecule has 3 rings (SSSR count). The van der Waals surface area contributed by atoms with Gasteiger partial charge in [-0.05, 0) is 38.5 Å². The van der Waals surface area contributed by atoms with Gasteiger partial charge < -0.3 is 9.64 Å². The van der Waals surface area contributed by atoms with Gasteiger partial charge in [0, 0.05) is 12.7 Å². The monoisotopic (exact) mass is 425 g/mol. The van der Waals surface area contributed by atoms with Crippen molar-refractivity contribution in [3.63, 3.8) is 0 Å². The summed E-state index contributed by atoms with van der Waals surface area (Å²) in [6, 6.07) is 17.1. The minimum atomic E-state index is -0.973. The molecule has 30 heavy (non-hydrogen) atoms. The summed E-state index contributed by atoms with van der Waals surface area (Å²) >= 11 is 6.43. The van der Waals surface area contributed by atoms with Gasteiger partial charge in [-0.3, -0.25) is 4.79 Å². The Kier molecular flexibility index (Phi) is 6.57. The largest absolute Gasteiger partial charge is 0.449 e. The summed E-state index contributed by atoms with van der Waals surface area (Å²) in [5, 5.41) is 4.56. The second-order valence-corrected chi connectivity index (χ2v) is 7.53. The maximum Gasteiger partial charge on any atom is 0.343 e. The van der Waals surface area contributed by atoms with Gasteiger partial charge in [0.15, 0.2) is 6.10 Å². The molecule has 0 bridgehead atoms. The second-order valence-electron chi connectivity index (χ2n) is 7.17. The summed E-state index contributed by atoms with van der Waals surface area (Å²) in [6.45, 7) is 5.68. The number of halogens is 1. The van der Waals surface area contributed by atoms with E-state index in [0.29, 0.717) is 17.9 Å². The number of hydrogen-bond donors (Lipinski definition) is 0. The SMILES string of the molecule is Cc1ccc(Cn2nc(C)c(C(=O)OC(C)C(=O)N(C)c3ccccc3)c2Cl)cc1. The molecular formula is C23H24ClN3O3. The highest BCUT2D eigenvalue weighted by Crippen LogP contribution is 2.23. The molecule has 0 aliphatic heterocycles. The van der Waals surface area contributed by atoms with Crippen LogP contribution in [0.5, 0.6) is 0 Å². The fraction of sp³-hybridized carbons (Fsp3) is 0.261. The van der Waals surface area contributed by atoms with E-state index in [0.717, 1.165) is 11.1 Å². The molecule has 7 heteroatoms. The van der Waals surface area contributed by atoms with Crippen molar-refractivity contribution in [1.82, 2.24) is 9.78 Å². The van der Waals surface area contributed by atoms with Gasteiger partial charge in [0.2, 0.25) is 0 Å². The van der Waals surface area contributed by atoms with Gasteiger partial charge in [-0.25, -0.2) is 9.48 Å². The Morgan fingerprint density at radius 2 is 1.73 bits per heavy atom. The highest BCUT2D eigenvalue weighted by atomic mass is 35.5. The number of nitrogens with zero attached hydrogens (tertiary/aromatic N) is 3. The van der Waals surface area contributed by atoms with Crippen molar-refractivity contribution in [3.05, 3.63) is 82.1 Å². The lowest BCUT2D eigenvalue weighted by atomic mass is 10.1. The number of amides is 1. The third kappa shape index (κ3) is 4.71. The first-order chi connectivity index (χ1) is 14.3. The average Bonchev–Trinajstić information content (AvgIpc) is 3.02. The molecule has 0 saturated heterocycles. The Morgan fingerprint density at radius 1 is 1.10 bits per heavy atom. The summed E-state index contributed by atoms with van der Waals surface area (Å²) in [5.41, 5.74) is 3.51. The topological polar surface area (TPSA) is 64.4 Å². The Balaban J connectivity index is 1.72. The van der Waals surface area contributed by atoms with Crippen molar-refractivity contribution in [3.8, 4) is 0 Å². The molecule has 0 spiro atoms. The van der Waals surface area contributed by atoms with Gasteiger partial charge in [0.05, 0.1) is 12.2 Å². The van der Waals surface area contributed by atoms with E-state index >= 15 is 0 Å². The van der Waals surface area contributed by atoms with Crippen molar-refractivity contribution in [2.75, 3.05) is 11.9 Å². The minimum absolute atomic E-state index is 0.172. The molecule has 0 aliphatic carbocycles. The van der Waals surface area contributed by atoms with E-state index in [1.807, 2.05) is 61.5 Å². The molecule has 1 aromatic heterocycles. The molecule has 0 N–H and O–H groups in total. The molecular weight excluding hydrogens is 402 g/mol. The molecule has 0 aliphatic rings. The number of ether oxygens (including phenoxy) is 1. The lowest BCUT2D eigenvalue weighted by molar-refractivity contribution is -0.126. The number of carbonyl (C=O) groups is 2. The smallest absolute Gasteiger partial charge is 0.343 e. The van der Waals surface area contributed by atoms with Crippen LogP contribution in [-0.2, 0) is 16.1 Å². The predicted octanol–water partition coefficient (Wildman–Crippen LogP) is 4.41. The molecule has 0 saturated carbocycles. The van der Waals surface area contributed by atoms with Crippen molar-refractivity contribution in [1.29, 1.82) is 0 Å². The predicted molar refractivity (Wildman–Crippen MR) is 117 cm³/mol. The Morgan fingerprint density at radius 3 is 2.37 bits per heavy atom. The number of carbonyl (C=O) groups excluding carboxylic acids is 2. The molecule has 0 fully saturated rings. The van der Waals surface area contributed by atoms with Crippen LogP contribution in [0.25, 0.3) is 0 Å². The van der Waals surface area contributed by atoms with Crippen molar-refractivity contribution in [2.24, 2.45) is 0 Å². The van der Waals surface area contributed by atoms with E-state index in [2.05, 4.69) is 5.10 Å². The maximum absolute atomic E-state index is 12.7. The Bertz CT molecular complexity index is 1050. The standard InChI is InChI=1S/C23H24ClN3O3/c1-15-10-12-18(13-11-15)14-27-21(24)20(16(2)25-27)23(29)30-17(3)22(28)26(4)19-8-6-5-7-9-19/h5-13,17H,14H2,1-4H3. The fourth-order valence-corrected chi connectivity index (χ4v) is 3.39. The summed E-state index contributed by atoms with van der Waals surface area (Å²) in [7, 11) is 1.64. The molecule has 0 radical (unpaired) electrons. The molecule has 1 atom stereocenters. The van der Waals surface area contributed by atoms with Gasteiger partial charge in [-0.2, -0.15) is 5.10 Å². The molecule has 1 heterocycles. The molecule has 2 aromatic carbocycles. The highest BCUT2D eigenvalue weighted by molar-refractivity contribution is 6.32. The number of para-hydroxylation sites is 1. The lowest BCUT2D eigenvalue weighted by Crippen LogP contribution is -2.37. The quantitative estimate of drug-likeness (QED) is 0.549. The summed E-state index contributed by atoms with van der Waals surface area (Å²) in [5.74, 6) is -1.01. The van der Waals surface area contributed by atoms with Gasteiger partial charge in [0.25, 0.3) is 5.91 Å².